The van der Waals surface area contributed by atoms with Gasteiger partial charge in [-0.1, -0.05) is 16.8 Å². The van der Waals surface area contributed by atoms with Crippen LogP contribution in [0.3, 0.4) is 0 Å². The minimum Gasteiger partial charge on any atom is -0.339 e. The summed E-state index contributed by atoms with van der Waals surface area (Å²) in [4.78, 5) is 18.2. The Morgan fingerprint density at radius 2 is 1.95 bits per heavy atom. The standard InChI is InChI=1S/C15H15ClN4O2/c16-11-3-5-12(6-4-11)17-15(21)20-7-10(8-20)14-18-13(19-22-14)9-1-2-9/h3-6,9-10H,1-2,7-8H2,(H,17,21). The van der Waals surface area contributed by atoms with E-state index in [1.165, 1.54) is 0 Å². The number of nitrogens with zero attached hydrogens (tertiary/aromatic N) is 3. The smallest absolute Gasteiger partial charge is 0.321 e. The number of carbonyl (C=O) groups is 1. The van der Waals surface area contributed by atoms with Gasteiger partial charge in [0, 0.05) is 29.7 Å². The topological polar surface area (TPSA) is 71.3 Å². The zero-order valence-electron chi connectivity index (χ0n) is 11.8. The number of urea groups is 1. The van der Waals surface area contributed by atoms with Crippen LogP contribution in [0, 0.1) is 0 Å². The van der Waals surface area contributed by atoms with Crippen LogP contribution in [0.2, 0.25) is 5.02 Å². The Morgan fingerprint density at radius 1 is 1.23 bits per heavy atom. The molecule has 114 valence electrons. The first kappa shape index (κ1) is 13.6. The Morgan fingerprint density at radius 3 is 2.64 bits per heavy atom. The van der Waals surface area contributed by atoms with Crippen molar-refractivity contribution in [2.75, 3.05) is 18.4 Å². The molecule has 2 heterocycles. The van der Waals surface area contributed by atoms with Crippen molar-refractivity contribution in [1.29, 1.82) is 0 Å². The van der Waals surface area contributed by atoms with Gasteiger partial charge in [-0.2, -0.15) is 4.98 Å². The van der Waals surface area contributed by atoms with Crippen LogP contribution in [0.1, 0.15) is 36.4 Å². The lowest BCUT2D eigenvalue weighted by Crippen LogP contribution is -2.50. The lowest BCUT2D eigenvalue weighted by Gasteiger charge is -2.36. The summed E-state index contributed by atoms with van der Waals surface area (Å²) in [5.41, 5.74) is 0.728. The molecule has 1 N–H and O–H groups in total. The highest BCUT2D eigenvalue weighted by Crippen LogP contribution is 2.39. The quantitative estimate of drug-likeness (QED) is 0.943. The third-order valence-electron chi connectivity index (χ3n) is 4.01. The van der Waals surface area contributed by atoms with Crippen LogP contribution < -0.4 is 5.32 Å². The monoisotopic (exact) mass is 318 g/mol. The van der Waals surface area contributed by atoms with Gasteiger partial charge in [0.2, 0.25) is 5.89 Å². The van der Waals surface area contributed by atoms with Gasteiger partial charge >= 0.3 is 6.03 Å². The molecule has 1 saturated carbocycles. The van der Waals surface area contributed by atoms with Crippen LogP contribution in [-0.4, -0.2) is 34.2 Å². The number of hydrogen-bond acceptors (Lipinski definition) is 4. The van der Waals surface area contributed by atoms with Crippen molar-refractivity contribution in [3.63, 3.8) is 0 Å². The normalized spacial score (nSPS) is 18.1. The van der Waals surface area contributed by atoms with Crippen LogP contribution in [0.15, 0.2) is 28.8 Å². The minimum absolute atomic E-state index is 0.125. The van der Waals surface area contributed by atoms with Gasteiger partial charge in [0.15, 0.2) is 5.82 Å². The third-order valence-corrected chi connectivity index (χ3v) is 4.27. The summed E-state index contributed by atoms with van der Waals surface area (Å²) in [6.07, 6.45) is 2.30. The molecule has 4 rings (SSSR count). The second kappa shape index (κ2) is 5.28. The van der Waals surface area contributed by atoms with Crippen LogP contribution in [0.4, 0.5) is 10.5 Å². The van der Waals surface area contributed by atoms with Gasteiger partial charge in [0.1, 0.15) is 0 Å². The summed E-state index contributed by atoms with van der Waals surface area (Å²) >= 11 is 5.82. The highest BCUT2D eigenvalue weighted by molar-refractivity contribution is 6.30. The van der Waals surface area contributed by atoms with E-state index in [-0.39, 0.29) is 11.9 Å². The molecular weight excluding hydrogens is 304 g/mol. The van der Waals surface area contributed by atoms with E-state index in [4.69, 9.17) is 16.1 Å². The van der Waals surface area contributed by atoms with E-state index < -0.39 is 0 Å². The summed E-state index contributed by atoms with van der Waals surface area (Å²) < 4.78 is 5.30. The van der Waals surface area contributed by atoms with E-state index in [2.05, 4.69) is 15.5 Å². The fraction of sp³-hybridized carbons (Fsp3) is 0.400. The first-order valence-electron chi connectivity index (χ1n) is 7.34. The molecule has 0 spiro atoms. The second-order valence-electron chi connectivity index (χ2n) is 5.80. The van der Waals surface area contributed by atoms with E-state index in [1.807, 2.05) is 0 Å². The fourth-order valence-corrected chi connectivity index (χ4v) is 2.58. The van der Waals surface area contributed by atoms with E-state index in [1.54, 1.807) is 29.2 Å². The molecule has 1 saturated heterocycles. The molecule has 2 aliphatic rings. The average molecular weight is 319 g/mol. The van der Waals surface area contributed by atoms with Crippen molar-refractivity contribution in [1.82, 2.24) is 15.0 Å². The third kappa shape index (κ3) is 2.66. The summed E-state index contributed by atoms with van der Waals surface area (Å²) in [7, 11) is 0. The molecular formula is C15H15ClN4O2. The van der Waals surface area contributed by atoms with Gasteiger partial charge in [-0.25, -0.2) is 4.79 Å². The maximum atomic E-state index is 12.1. The maximum absolute atomic E-state index is 12.1. The van der Waals surface area contributed by atoms with Crippen molar-refractivity contribution in [3.8, 4) is 0 Å². The fourth-order valence-electron chi connectivity index (χ4n) is 2.46. The summed E-state index contributed by atoms with van der Waals surface area (Å²) in [6.45, 7) is 1.21. The van der Waals surface area contributed by atoms with Crippen molar-refractivity contribution in [2.24, 2.45) is 0 Å². The van der Waals surface area contributed by atoms with Gasteiger partial charge < -0.3 is 14.7 Å². The molecule has 1 aliphatic carbocycles. The van der Waals surface area contributed by atoms with Crippen LogP contribution in [-0.2, 0) is 0 Å². The van der Waals surface area contributed by atoms with Crippen LogP contribution in [0.25, 0.3) is 0 Å². The number of likely N-dealkylation sites (tertiary alicyclic amines) is 1. The number of halogens is 1. The Labute approximate surface area is 132 Å². The number of hydrogen-bond donors (Lipinski definition) is 1. The number of aromatic nitrogens is 2. The number of rotatable bonds is 3. The largest absolute Gasteiger partial charge is 0.339 e. The molecule has 6 nitrogen and oxygen atoms in total. The molecule has 22 heavy (non-hydrogen) atoms. The molecule has 2 aromatic rings. The molecule has 1 aromatic heterocycles. The van der Waals surface area contributed by atoms with E-state index in [0.717, 1.165) is 24.4 Å². The van der Waals surface area contributed by atoms with Gasteiger partial charge in [-0.05, 0) is 37.1 Å². The zero-order valence-corrected chi connectivity index (χ0v) is 12.6. The van der Waals surface area contributed by atoms with Gasteiger partial charge in [0.25, 0.3) is 0 Å². The van der Waals surface area contributed by atoms with Crippen molar-refractivity contribution < 1.29 is 9.32 Å². The molecule has 0 bridgehead atoms. The molecule has 1 aromatic carbocycles. The number of amides is 2. The highest BCUT2D eigenvalue weighted by atomic mass is 35.5. The molecule has 1 aliphatic heterocycles. The molecule has 0 unspecified atom stereocenters. The Hall–Kier alpha value is -2.08. The van der Waals surface area contributed by atoms with Gasteiger partial charge in [-0.3, -0.25) is 0 Å². The van der Waals surface area contributed by atoms with Gasteiger partial charge in [0.05, 0.1) is 5.92 Å². The van der Waals surface area contributed by atoms with Crippen molar-refractivity contribution in [2.45, 2.75) is 24.7 Å². The predicted molar refractivity (Wildman–Crippen MR) is 81.1 cm³/mol. The summed E-state index contributed by atoms with van der Waals surface area (Å²) in [5.74, 6) is 2.11. The lowest BCUT2D eigenvalue weighted by atomic mass is 10.0. The lowest BCUT2D eigenvalue weighted by molar-refractivity contribution is 0.147. The number of anilines is 1. The number of benzene rings is 1. The van der Waals surface area contributed by atoms with E-state index >= 15 is 0 Å². The minimum atomic E-state index is -0.125. The SMILES string of the molecule is O=C(Nc1ccc(Cl)cc1)N1CC(c2nc(C3CC3)no2)C1. The number of nitrogens with one attached hydrogen (secondary N) is 1. The summed E-state index contributed by atoms with van der Waals surface area (Å²) in [5, 5.41) is 7.49. The zero-order chi connectivity index (χ0) is 15.1. The molecule has 0 atom stereocenters. The first-order chi connectivity index (χ1) is 10.7. The number of carbonyl (C=O) groups excluding carboxylic acids is 1. The Kier molecular flexibility index (Phi) is 3.26. The van der Waals surface area contributed by atoms with Crippen molar-refractivity contribution in [3.05, 3.63) is 41.0 Å². The molecule has 2 fully saturated rings. The maximum Gasteiger partial charge on any atom is 0.321 e. The van der Waals surface area contributed by atoms with Crippen molar-refractivity contribution >= 4 is 23.3 Å². The van der Waals surface area contributed by atoms with Gasteiger partial charge in [-0.15, -0.1) is 0 Å². The van der Waals surface area contributed by atoms with Crippen LogP contribution >= 0.6 is 11.6 Å². The summed E-state index contributed by atoms with van der Waals surface area (Å²) in [6, 6.07) is 6.91. The highest BCUT2D eigenvalue weighted by Gasteiger charge is 2.37. The predicted octanol–water partition coefficient (Wildman–Crippen LogP) is 3.23. The van der Waals surface area contributed by atoms with E-state index in [9.17, 15) is 4.79 Å². The molecule has 2 amide bonds. The average Bonchev–Trinajstić information content (AvgIpc) is 3.20. The Bertz CT molecular complexity index is 690. The Balaban J connectivity index is 1.32. The van der Waals surface area contributed by atoms with Crippen LogP contribution in [0.5, 0.6) is 0 Å². The van der Waals surface area contributed by atoms with E-state index in [0.29, 0.717) is 29.9 Å². The molecule has 7 heteroatoms. The molecule has 0 radical (unpaired) electrons. The second-order valence-corrected chi connectivity index (χ2v) is 6.24. The first-order valence-corrected chi connectivity index (χ1v) is 7.72.